The number of rotatable bonds is 2. The largest absolute Gasteiger partial charge is 0.459 e. The van der Waals surface area contributed by atoms with Gasteiger partial charge in [0.15, 0.2) is 23.1 Å². The number of esters is 1. The van der Waals surface area contributed by atoms with Crippen molar-refractivity contribution in [3.8, 4) is 0 Å². The van der Waals surface area contributed by atoms with Crippen LogP contribution < -0.4 is 0 Å². The molecule has 2 N–H and O–H groups in total. The molecule has 18 rings (SSSR count). The van der Waals surface area contributed by atoms with Gasteiger partial charge in [-0.3, -0.25) is 4.79 Å². The molecule has 13 unspecified atom stereocenters. The van der Waals surface area contributed by atoms with E-state index in [1.807, 2.05) is 0 Å². The average molecular weight is 1140 g/mol. The zero-order chi connectivity index (χ0) is 54.8. The maximum atomic E-state index is 14.6. The molecule has 18 fully saturated rings. The highest BCUT2D eigenvalue weighted by atomic mass is 16.8. The van der Waals surface area contributed by atoms with Gasteiger partial charge in [-0.2, -0.15) is 0 Å². The Morgan fingerprint density at radius 3 is 2.06 bits per heavy atom. The summed E-state index contributed by atoms with van der Waals surface area (Å²) < 4.78 is 111. The molecule has 0 aromatic heterocycles. The van der Waals surface area contributed by atoms with E-state index in [4.69, 9.17) is 75.8 Å². The first-order valence-corrected chi connectivity index (χ1v) is 31.9. The molecule has 1 saturated carbocycles. The lowest BCUT2D eigenvalue weighted by Gasteiger charge is -2.80. The van der Waals surface area contributed by atoms with Crippen molar-refractivity contribution in [3.05, 3.63) is 24.3 Å². The molecule has 0 aromatic rings. The Morgan fingerprint density at radius 2 is 1.20 bits per heavy atom. The van der Waals surface area contributed by atoms with Crippen LogP contribution in [-0.4, -0.2) is 192 Å². The predicted molar refractivity (Wildman–Crippen MR) is 279 cm³/mol. The fourth-order valence-electron chi connectivity index (χ4n) is 20.0. The topological polar surface area (TPSA) is 205 Å². The standard InChI is InChI=1S/C62H86O19/c1-26-13-32-7-9-36-27(2)14-34(66-36)11-12-59-23-47-50-57-51(62(50,78-47)81-59)58(80-59)56-37(71-57)10-8-33(68-56)15-49(65)74-55-31(6)54-44(70-43(55)16-38(67-32)30(26)5)19-42-46(73-54)22-61(75-42)24-48-53(79-61)29(4)21-60(77-48)20-28(3)52-45(76-60)18-40-41(72-52)17-39(69-40)35(64)25-63/h26,28-29,31-48,50-58,63-64H,2,5,7-25H2,1,3-4,6H3/t26-,28+,29+,31+,32?,33-,34?,35+,36+,37+,38-,39?,40?,41?,42-,43+,44+,45?,46-,47-,48?,50?,51?,52?,53?,54+,55?,56+,57+,58-,59-,60-,61-,62?/m1/s1. The second-order valence-corrected chi connectivity index (χ2v) is 28.9. The fraction of sp³-hybridized carbons (Fsp3) is 0.919. The normalized spacial score (nSPS) is 60.6. The molecule has 17 aliphatic heterocycles. The molecule has 19 heteroatoms. The van der Waals surface area contributed by atoms with Gasteiger partial charge < -0.3 is 86.0 Å². The maximum absolute atomic E-state index is 14.6. The van der Waals surface area contributed by atoms with Gasteiger partial charge in [-0.1, -0.05) is 40.9 Å². The third-order valence-electron chi connectivity index (χ3n) is 23.7. The number of aliphatic hydroxyl groups is 2. The van der Waals surface area contributed by atoms with E-state index in [0.29, 0.717) is 70.6 Å². The van der Waals surface area contributed by atoms with Gasteiger partial charge in [0.1, 0.15) is 24.4 Å². The minimum absolute atomic E-state index is 0.0116. The molecule has 18 aliphatic rings. The van der Waals surface area contributed by atoms with Crippen LogP contribution in [0.15, 0.2) is 24.3 Å². The number of hydrogen-bond donors (Lipinski definition) is 2. The summed E-state index contributed by atoms with van der Waals surface area (Å²) in [6.07, 6.45) is 5.36. The van der Waals surface area contributed by atoms with E-state index in [9.17, 15) is 15.0 Å². The molecule has 19 nitrogen and oxygen atoms in total. The third kappa shape index (κ3) is 8.37. The van der Waals surface area contributed by atoms with Crippen LogP contribution in [0.25, 0.3) is 0 Å². The van der Waals surface area contributed by atoms with E-state index in [0.717, 1.165) is 49.7 Å². The molecule has 10 bridgehead atoms. The predicted octanol–water partition coefficient (Wildman–Crippen LogP) is 5.54. The van der Waals surface area contributed by atoms with Crippen LogP contribution in [0.1, 0.15) is 143 Å². The van der Waals surface area contributed by atoms with Crippen LogP contribution in [0.3, 0.4) is 0 Å². The SMILES string of the molecule is C=C1CC2CC[C@]34C[C@H]5OC6(O3)C3[C@@H](O[C@H]7CC[C@H](CC(=O)OC8[C@H](C[C@H]9OC(CC[C@@H]1O2)C[C@@H](C)C9=C)O[C@H]1C[C@H]2O[C@]9(CC%10O[C@]%11(C[C@H](C)C%12OC%13CC([C@@H](O)CO)OC%13CC%12O%11)C[C@H](C)C%10O9)C[C@H]2O[C@H]1[C@@H]8C)O[C@@H]7[C@@H]3O4)C56. The van der Waals surface area contributed by atoms with Crippen LogP contribution >= 0.6 is 0 Å². The Kier molecular flexibility index (Phi) is 12.6. The highest BCUT2D eigenvalue weighted by Crippen LogP contribution is 2.73. The first-order valence-electron chi connectivity index (χ1n) is 31.9. The second kappa shape index (κ2) is 19.1. The van der Waals surface area contributed by atoms with Crippen molar-refractivity contribution in [2.24, 2.45) is 35.5 Å². The molecule has 81 heavy (non-hydrogen) atoms. The van der Waals surface area contributed by atoms with E-state index in [2.05, 4.69) is 40.9 Å². The Hall–Kier alpha value is -1.73. The van der Waals surface area contributed by atoms with Gasteiger partial charge in [0.05, 0.1) is 147 Å². The number of ether oxygens (including phenoxy) is 16. The van der Waals surface area contributed by atoms with Crippen molar-refractivity contribution < 1.29 is 90.8 Å². The van der Waals surface area contributed by atoms with Gasteiger partial charge >= 0.3 is 5.97 Å². The van der Waals surface area contributed by atoms with Crippen LogP contribution in [-0.2, 0) is 80.6 Å². The Balaban J connectivity index is 0.606. The summed E-state index contributed by atoms with van der Waals surface area (Å²) in [5.41, 5.74) is 2.17. The van der Waals surface area contributed by atoms with Crippen molar-refractivity contribution in [2.45, 2.75) is 313 Å². The number of hydrogen-bond acceptors (Lipinski definition) is 19. The van der Waals surface area contributed by atoms with Gasteiger partial charge in [-0.05, 0) is 73.8 Å². The summed E-state index contributed by atoms with van der Waals surface area (Å²) in [6, 6.07) is 0. The Bertz CT molecular complexity index is 2520. The first-order chi connectivity index (χ1) is 39.0. The fourth-order valence-corrected chi connectivity index (χ4v) is 20.0. The first kappa shape index (κ1) is 53.5. The summed E-state index contributed by atoms with van der Waals surface area (Å²) in [6.45, 7) is 17.6. The summed E-state index contributed by atoms with van der Waals surface area (Å²) in [5, 5.41) is 20.0. The lowest BCUT2D eigenvalue weighted by Crippen LogP contribution is -2.93. The van der Waals surface area contributed by atoms with E-state index >= 15 is 0 Å². The van der Waals surface area contributed by atoms with Gasteiger partial charge in [-0.25, -0.2) is 0 Å². The lowest BCUT2D eigenvalue weighted by atomic mass is 9.51. The summed E-state index contributed by atoms with van der Waals surface area (Å²) in [5.74, 6) is -3.14. The molecule has 17 heterocycles. The van der Waals surface area contributed by atoms with Crippen LogP contribution in [0.5, 0.6) is 0 Å². The highest BCUT2D eigenvalue weighted by Gasteiger charge is 2.87. The minimum atomic E-state index is -0.941. The molecule has 448 valence electrons. The maximum Gasteiger partial charge on any atom is 0.308 e. The summed E-state index contributed by atoms with van der Waals surface area (Å²) >= 11 is 0. The van der Waals surface area contributed by atoms with Gasteiger partial charge in [0.2, 0.25) is 0 Å². The van der Waals surface area contributed by atoms with Crippen LogP contribution in [0, 0.1) is 35.5 Å². The van der Waals surface area contributed by atoms with E-state index in [-0.39, 0.29) is 177 Å². The lowest BCUT2D eigenvalue weighted by molar-refractivity contribution is -0.620. The number of carbonyl (C=O) groups excluding carboxylic acids is 1. The molecule has 17 saturated heterocycles. The quantitative estimate of drug-likeness (QED) is 0.257. The monoisotopic (exact) mass is 1130 g/mol. The molecular weight excluding hydrogens is 1050 g/mol. The molecule has 34 atom stereocenters. The number of carbonyl (C=O) groups is 1. The number of aliphatic hydroxyl groups excluding tert-OH is 2. The van der Waals surface area contributed by atoms with E-state index in [1.165, 1.54) is 0 Å². The van der Waals surface area contributed by atoms with Crippen molar-refractivity contribution >= 4 is 5.97 Å². The molecular formula is C62H86O19. The average Bonchev–Trinajstić information content (AvgIpc) is 1.47. The van der Waals surface area contributed by atoms with Crippen molar-refractivity contribution in [3.63, 3.8) is 0 Å². The van der Waals surface area contributed by atoms with Gasteiger partial charge in [0, 0.05) is 70.1 Å². The smallest absolute Gasteiger partial charge is 0.308 e. The highest BCUT2D eigenvalue weighted by molar-refractivity contribution is 5.70. The summed E-state index contributed by atoms with van der Waals surface area (Å²) in [7, 11) is 0. The van der Waals surface area contributed by atoms with E-state index in [1.54, 1.807) is 0 Å². The van der Waals surface area contributed by atoms with E-state index < -0.39 is 47.6 Å². The van der Waals surface area contributed by atoms with Crippen LogP contribution in [0.4, 0.5) is 0 Å². The third-order valence-corrected chi connectivity index (χ3v) is 23.7. The Morgan fingerprint density at radius 1 is 0.506 bits per heavy atom. The summed E-state index contributed by atoms with van der Waals surface area (Å²) in [4.78, 5) is 14.6. The molecule has 0 radical (unpaired) electrons. The van der Waals surface area contributed by atoms with Gasteiger partial charge in [-0.15, -0.1) is 0 Å². The zero-order valence-corrected chi connectivity index (χ0v) is 47.5. The van der Waals surface area contributed by atoms with Gasteiger partial charge in [0.25, 0.3) is 0 Å². The van der Waals surface area contributed by atoms with Crippen molar-refractivity contribution in [1.82, 2.24) is 0 Å². The molecule has 0 amide bonds. The number of fused-ring (bicyclic) bond motifs is 11. The molecule has 0 aromatic carbocycles. The van der Waals surface area contributed by atoms with Crippen LogP contribution in [0.2, 0.25) is 0 Å². The molecule has 4 spiro atoms. The van der Waals surface area contributed by atoms with Crippen molar-refractivity contribution in [1.29, 1.82) is 0 Å². The molecule has 1 aliphatic carbocycles. The zero-order valence-electron chi connectivity index (χ0n) is 47.5. The van der Waals surface area contributed by atoms with Crippen molar-refractivity contribution in [2.75, 3.05) is 6.61 Å². The Labute approximate surface area is 474 Å². The second-order valence-electron chi connectivity index (χ2n) is 28.9. The minimum Gasteiger partial charge on any atom is -0.459 e.